The molecule has 2 N–H and O–H groups in total. The zero-order chi connectivity index (χ0) is 22.3. The molecule has 0 aliphatic carbocycles. The maximum Gasteiger partial charge on any atom is 0.332 e. The van der Waals surface area contributed by atoms with E-state index in [4.69, 9.17) is 0 Å². The summed E-state index contributed by atoms with van der Waals surface area (Å²) in [6.07, 6.45) is 3.08. The molecule has 0 aliphatic heterocycles. The molecule has 4 aromatic rings. The molecule has 0 aliphatic rings. The number of rotatable bonds is 5. The number of anilines is 3. The average Bonchev–Trinajstić information content (AvgIpc) is 3.24. The molecule has 3 aromatic heterocycles. The molecule has 4 rings (SSSR count). The van der Waals surface area contributed by atoms with E-state index in [0.717, 1.165) is 4.57 Å². The van der Waals surface area contributed by atoms with Crippen LogP contribution in [-0.2, 0) is 24.1 Å². The number of hydrogen-bond donors (Lipinski definition) is 2. The molecule has 31 heavy (non-hydrogen) atoms. The van der Waals surface area contributed by atoms with Crippen LogP contribution in [0, 0.1) is 6.92 Å². The van der Waals surface area contributed by atoms with Crippen molar-refractivity contribution < 1.29 is 8.42 Å². The van der Waals surface area contributed by atoms with Gasteiger partial charge < -0.3 is 5.32 Å². The lowest BCUT2D eigenvalue weighted by molar-refractivity contribution is 0.601. The van der Waals surface area contributed by atoms with Gasteiger partial charge in [-0.1, -0.05) is 0 Å². The summed E-state index contributed by atoms with van der Waals surface area (Å²) in [5.41, 5.74) is 1.08. The number of pyridine rings is 1. The van der Waals surface area contributed by atoms with Crippen molar-refractivity contribution in [2.75, 3.05) is 10.0 Å². The molecule has 0 saturated heterocycles. The number of fused-ring (bicyclic) bond motifs is 1. The van der Waals surface area contributed by atoms with Crippen molar-refractivity contribution in [3.8, 4) is 0 Å². The Morgan fingerprint density at radius 1 is 1.03 bits per heavy atom. The van der Waals surface area contributed by atoms with Crippen LogP contribution in [0.15, 0.2) is 56.5 Å². The van der Waals surface area contributed by atoms with E-state index in [2.05, 4.69) is 20.0 Å². The molecule has 160 valence electrons. The number of benzene rings is 1. The largest absolute Gasteiger partial charge is 0.354 e. The minimum Gasteiger partial charge on any atom is -0.354 e. The van der Waals surface area contributed by atoms with Gasteiger partial charge in [0.2, 0.25) is 0 Å². The van der Waals surface area contributed by atoms with Crippen LogP contribution in [0.25, 0.3) is 11.0 Å². The zero-order valence-electron chi connectivity index (χ0n) is 16.8. The van der Waals surface area contributed by atoms with Crippen LogP contribution in [-0.4, -0.2) is 27.5 Å². The van der Waals surface area contributed by atoms with Gasteiger partial charge in [-0.15, -0.1) is 11.3 Å². The fraction of sp³-hybridized carbons (Fsp3) is 0.158. The molecule has 10 nitrogen and oxygen atoms in total. The highest BCUT2D eigenvalue weighted by atomic mass is 32.2. The Balaban J connectivity index is 1.73. The molecule has 12 heteroatoms. The Labute approximate surface area is 180 Å². The van der Waals surface area contributed by atoms with Gasteiger partial charge in [0.15, 0.2) is 10.8 Å². The topological polar surface area (TPSA) is 128 Å². The van der Waals surface area contributed by atoms with Crippen LogP contribution >= 0.6 is 11.3 Å². The Kier molecular flexibility index (Phi) is 5.11. The zero-order valence-corrected chi connectivity index (χ0v) is 18.4. The third kappa shape index (κ3) is 3.70. The normalized spacial score (nSPS) is 11.6. The van der Waals surface area contributed by atoms with Crippen LogP contribution in [0.1, 0.15) is 5.56 Å². The molecule has 1 aromatic carbocycles. The lowest BCUT2D eigenvalue weighted by atomic mass is 10.1. The van der Waals surface area contributed by atoms with Crippen LogP contribution in [0.2, 0.25) is 0 Å². The highest BCUT2D eigenvalue weighted by Gasteiger charge is 2.18. The summed E-state index contributed by atoms with van der Waals surface area (Å²) in [5.74, 6) is 0. The molecule has 0 atom stereocenters. The van der Waals surface area contributed by atoms with Gasteiger partial charge in [0, 0.05) is 37.6 Å². The first kappa shape index (κ1) is 20.8. The van der Waals surface area contributed by atoms with Gasteiger partial charge in [-0.2, -0.15) is 0 Å². The van der Waals surface area contributed by atoms with Gasteiger partial charge in [0.1, 0.15) is 5.39 Å². The molecular formula is C19H18N6O4S2. The molecule has 0 fully saturated rings. The Hall–Kier alpha value is -3.51. The lowest BCUT2D eigenvalue weighted by Crippen LogP contribution is -2.37. The van der Waals surface area contributed by atoms with Gasteiger partial charge in [-0.05, 0) is 36.8 Å². The first-order valence-corrected chi connectivity index (χ1v) is 11.4. The number of aromatic nitrogens is 4. The number of nitrogens with one attached hydrogen (secondary N) is 2. The van der Waals surface area contributed by atoms with Crippen LogP contribution in [0.3, 0.4) is 0 Å². The van der Waals surface area contributed by atoms with Crippen molar-refractivity contribution in [3.63, 3.8) is 0 Å². The summed E-state index contributed by atoms with van der Waals surface area (Å²) < 4.78 is 29.7. The molecule has 0 bridgehead atoms. The standard InChI is InChI=1S/C19H18N6O4S2/c1-11-10-21-16-14(17(26)25(3)19(27)24(16)2)15(11)22-12-4-6-13(7-5-12)31(28,29)23-18-20-8-9-30-18/h4-10H,1-3H3,(H,20,23)(H,21,22). The Morgan fingerprint density at radius 2 is 1.74 bits per heavy atom. The van der Waals surface area contributed by atoms with E-state index >= 15 is 0 Å². The summed E-state index contributed by atoms with van der Waals surface area (Å²) in [5, 5.41) is 5.38. The van der Waals surface area contributed by atoms with Crippen molar-refractivity contribution in [2.24, 2.45) is 14.1 Å². The molecular weight excluding hydrogens is 440 g/mol. The SMILES string of the molecule is Cc1cnc2c(c1Nc1ccc(S(=O)(=O)Nc3nccs3)cc1)c(=O)n(C)c(=O)n2C. The van der Waals surface area contributed by atoms with Crippen molar-refractivity contribution in [2.45, 2.75) is 11.8 Å². The number of sulfonamides is 1. The molecule has 0 spiro atoms. The van der Waals surface area contributed by atoms with E-state index in [0.29, 0.717) is 16.9 Å². The van der Waals surface area contributed by atoms with E-state index < -0.39 is 21.3 Å². The third-order valence-corrected chi connectivity index (χ3v) is 6.92. The summed E-state index contributed by atoms with van der Waals surface area (Å²) in [6, 6.07) is 6.08. The van der Waals surface area contributed by atoms with Crippen LogP contribution in [0.5, 0.6) is 0 Å². The van der Waals surface area contributed by atoms with Crippen molar-refractivity contribution in [1.82, 2.24) is 19.1 Å². The van der Waals surface area contributed by atoms with Crippen molar-refractivity contribution in [3.05, 3.63) is 68.4 Å². The second-order valence-corrected chi connectivity index (χ2v) is 9.39. The second-order valence-electron chi connectivity index (χ2n) is 6.81. The first-order chi connectivity index (χ1) is 14.7. The van der Waals surface area contributed by atoms with Gasteiger partial charge in [-0.25, -0.2) is 23.2 Å². The molecule has 0 unspecified atom stereocenters. The summed E-state index contributed by atoms with van der Waals surface area (Å²) in [6.45, 7) is 1.79. The fourth-order valence-electron chi connectivity index (χ4n) is 3.09. The van der Waals surface area contributed by atoms with Crippen LogP contribution < -0.4 is 21.3 Å². The van der Waals surface area contributed by atoms with Gasteiger partial charge >= 0.3 is 5.69 Å². The fourth-order valence-corrected chi connectivity index (χ4v) is 4.88. The van der Waals surface area contributed by atoms with Crippen LogP contribution in [0.4, 0.5) is 16.5 Å². The first-order valence-electron chi connectivity index (χ1n) is 9.04. The predicted octanol–water partition coefficient (Wildman–Crippen LogP) is 1.94. The van der Waals surface area contributed by atoms with Crippen molar-refractivity contribution >= 4 is 48.9 Å². The maximum absolute atomic E-state index is 12.8. The molecule has 0 saturated carbocycles. The quantitative estimate of drug-likeness (QED) is 0.468. The second kappa shape index (κ2) is 7.63. The molecule has 0 amide bonds. The highest BCUT2D eigenvalue weighted by molar-refractivity contribution is 7.93. The number of thiazole rings is 1. The molecule has 3 heterocycles. The van der Waals surface area contributed by atoms with E-state index in [1.165, 1.54) is 41.3 Å². The minimum absolute atomic E-state index is 0.0721. The monoisotopic (exact) mass is 458 g/mol. The van der Waals surface area contributed by atoms with E-state index in [-0.39, 0.29) is 21.1 Å². The summed E-state index contributed by atoms with van der Waals surface area (Å²) in [4.78, 5) is 33.2. The smallest absolute Gasteiger partial charge is 0.332 e. The number of hydrogen-bond acceptors (Lipinski definition) is 8. The number of aryl methyl sites for hydroxylation is 2. The lowest BCUT2D eigenvalue weighted by Gasteiger charge is -2.15. The summed E-state index contributed by atoms with van der Waals surface area (Å²) in [7, 11) is -0.815. The predicted molar refractivity (Wildman–Crippen MR) is 120 cm³/mol. The summed E-state index contributed by atoms with van der Waals surface area (Å²) >= 11 is 1.18. The van der Waals surface area contributed by atoms with Gasteiger partial charge in [0.05, 0.1) is 10.6 Å². The van der Waals surface area contributed by atoms with E-state index in [9.17, 15) is 18.0 Å². The van der Waals surface area contributed by atoms with Gasteiger partial charge in [-0.3, -0.25) is 18.7 Å². The van der Waals surface area contributed by atoms with Crippen molar-refractivity contribution in [1.29, 1.82) is 0 Å². The van der Waals surface area contributed by atoms with Gasteiger partial charge in [0.25, 0.3) is 15.6 Å². The van der Waals surface area contributed by atoms with E-state index in [1.807, 2.05) is 0 Å². The number of nitrogens with zero attached hydrogens (tertiary/aromatic N) is 4. The van der Waals surface area contributed by atoms with E-state index in [1.54, 1.807) is 37.7 Å². The Bertz CT molecular complexity index is 1500. The highest BCUT2D eigenvalue weighted by Crippen LogP contribution is 2.27. The minimum atomic E-state index is -3.77. The molecule has 0 radical (unpaired) electrons. The maximum atomic E-state index is 12.8. The average molecular weight is 459 g/mol. The third-order valence-electron chi connectivity index (χ3n) is 4.75. The Morgan fingerprint density at radius 3 is 2.39 bits per heavy atom.